The summed E-state index contributed by atoms with van der Waals surface area (Å²) in [5, 5.41) is 2.74. The molecule has 0 aromatic heterocycles. The maximum absolute atomic E-state index is 13.4. The molecule has 1 saturated carbocycles. The molecule has 6 heteroatoms. The van der Waals surface area contributed by atoms with Gasteiger partial charge >= 0.3 is 0 Å². The molecule has 2 heterocycles. The Morgan fingerprint density at radius 2 is 2.28 bits per heavy atom. The molecule has 1 amide bonds. The van der Waals surface area contributed by atoms with Crippen LogP contribution in [0.4, 0.5) is 8.78 Å². The van der Waals surface area contributed by atoms with Crippen molar-refractivity contribution in [3.8, 4) is 0 Å². The molecular weight excluding hydrogens is 242 g/mol. The van der Waals surface area contributed by atoms with E-state index in [1.165, 1.54) is 0 Å². The van der Waals surface area contributed by atoms with E-state index in [0.717, 1.165) is 13.0 Å². The first-order valence-corrected chi connectivity index (χ1v) is 6.49. The standard InChI is InChI=1S/C12H18F2N2O2/c13-12(14)7-11(12)2-1-3-16(8-11)5-9-4-15-10(17)6-18-9/h9H,1-8H2,(H,15,17). The van der Waals surface area contributed by atoms with E-state index in [1.54, 1.807) is 0 Å². The molecule has 1 aliphatic carbocycles. The number of amides is 1. The van der Waals surface area contributed by atoms with E-state index in [0.29, 0.717) is 26.1 Å². The molecule has 4 nitrogen and oxygen atoms in total. The zero-order chi connectivity index (χ0) is 12.8. The van der Waals surface area contributed by atoms with Crippen molar-refractivity contribution in [2.24, 2.45) is 5.41 Å². The van der Waals surface area contributed by atoms with Crippen LogP contribution in [-0.2, 0) is 9.53 Å². The van der Waals surface area contributed by atoms with Crippen LogP contribution in [0.3, 0.4) is 0 Å². The van der Waals surface area contributed by atoms with E-state index in [2.05, 4.69) is 10.2 Å². The molecule has 0 aromatic rings. The average molecular weight is 260 g/mol. The molecule has 3 aliphatic rings. The Morgan fingerprint density at radius 3 is 2.89 bits per heavy atom. The lowest BCUT2D eigenvalue weighted by Gasteiger charge is -2.36. The number of hydrogen-bond donors (Lipinski definition) is 1. The molecule has 3 rings (SSSR count). The van der Waals surface area contributed by atoms with Gasteiger partial charge in [-0.1, -0.05) is 0 Å². The molecule has 2 aliphatic heterocycles. The Bertz CT molecular complexity index is 354. The van der Waals surface area contributed by atoms with Gasteiger partial charge in [0.1, 0.15) is 6.61 Å². The van der Waals surface area contributed by atoms with E-state index < -0.39 is 11.3 Å². The molecule has 2 unspecified atom stereocenters. The van der Waals surface area contributed by atoms with Crippen molar-refractivity contribution in [3.63, 3.8) is 0 Å². The number of morpholine rings is 1. The number of alkyl halides is 2. The second-order valence-electron chi connectivity index (χ2n) is 5.74. The van der Waals surface area contributed by atoms with Gasteiger partial charge in [0.05, 0.1) is 11.5 Å². The number of nitrogens with one attached hydrogen (secondary N) is 1. The first-order valence-electron chi connectivity index (χ1n) is 6.49. The van der Waals surface area contributed by atoms with Gasteiger partial charge in [-0.3, -0.25) is 9.69 Å². The Kier molecular flexibility index (Phi) is 2.82. The molecule has 102 valence electrons. The molecular formula is C12H18F2N2O2. The quantitative estimate of drug-likeness (QED) is 0.791. The van der Waals surface area contributed by atoms with Crippen molar-refractivity contribution in [2.75, 3.05) is 32.8 Å². The van der Waals surface area contributed by atoms with Crippen LogP contribution in [0.25, 0.3) is 0 Å². The Morgan fingerprint density at radius 1 is 1.50 bits per heavy atom. The van der Waals surface area contributed by atoms with Gasteiger partial charge in [0, 0.05) is 26.1 Å². The summed E-state index contributed by atoms with van der Waals surface area (Å²) in [5.41, 5.74) is -0.761. The summed E-state index contributed by atoms with van der Waals surface area (Å²) in [4.78, 5) is 13.0. The zero-order valence-electron chi connectivity index (χ0n) is 10.3. The van der Waals surface area contributed by atoms with E-state index in [4.69, 9.17) is 4.74 Å². The largest absolute Gasteiger partial charge is 0.365 e. The van der Waals surface area contributed by atoms with Crippen LogP contribution in [0, 0.1) is 5.41 Å². The molecule has 3 fully saturated rings. The summed E-state index contributed by atoms with van der Waals surface area (Å²) in [6.45, 7) is 2.52. The van der Waals surface area contributed by atoms with E-state index in [1.807, 2.05) is 0 Å². The van der Waals surface area contributed by atoms with E-state index >= 15 is 0 Å². The van der Waals surface area contributed by atoms with Crippen LogP contribution < -0.4 is 5.32 Å². The van der Waals surface area contributed by atoms with Crippen LogP contribution in [0.1, 0.15) is 19.3 Å². The van der Waals surface area contributed by atoms with Crippen LogP contribution in [0.5, 0.6) is 0 Å². The van der Waals surface area contributed by atoms with Crippen molar-refractivity contribution in [3.05, 3.63) is 0 Å². The van der Waals surface area contributed by atoms with Gasteiger partial charge in [0.15, 0.2) is 0 Å². The SMILES string of the molecule is O=C1COC(CN2CCCC3(C2)CC3(F)F)CN1. The summed E-state index contributed by atoms with van der Waals surface area (Å²) in [7, 11) is 0. The maximum Gasteiger partial charge on any atom is 0.255 e. The van der Waals surface area contributed by atoms with E-state index in [-0.39, 0.29) is 25.0 Å². The number of carbonyl (C=O) groups excluding carboxylic acids is 1. The van der Waals surface area contributed by atoms with Crippen molar-refractivity contribution in [2.45, 2.75) is 31.3 Å². The molecule has 1 spiro atoms. The van der Waals surface area contributed by atoms with Gasteiger partial charge in [-0.05, 0) is 19.4 Å². The topological polar surface area (TPSA) is 41.6 Å². The highest BCUT2D eigenvalue weighted by Gasteiger charge is 2.71. The Hall–Kier alpha value is -0.750. The molecule has 0 aromatic carbocycles. The van der Waals surface area contributed by atoms with Crippen molar-refractivity contribution < 1.29 is 18.3 Å². The maximum atomic E-state index is 13.4. The van der Waals surface area contributed by atoms with Gasteiger partial charge in [-0.15, -0.1) is 0 Å². The highest BCUT2D eigenvalue weighted by Crippen LogP contribution is 2.64. The third-order valence-corrected chi connectivity index (χ3v) is 4.31. The fourth-order valence-electron chi connectivity index (χ4n) is 3.14. The summed E-state index contributed by atoms with van der Waals surface area (Å²) < 4.78 is 32.1. The first kappa shape index (κ1) is 12.3. The number of rotatable bonds is 2. The van der Waals surface area contributed by atoms with Crippen LogP contribution in [0.2, 0.25) is 0 Å². The predicted molar refractivity (Wildman–Crippen MR) is 60.4 cm³/mol. The summed E-state index contributed by atoms with van der Waals surface area (Å²) in [6, 6.07) is 0. The third-order valence-electron chi connectivity index (χ3n) is 4.31. The smallest absolute Gasteiger partial charge is 0.255 e. The van der Waals surface area contributed by atoms with Crippen molar-refractivity contribution in [1.29, 1.82) is 0 Å². The number of ether oxygens (including phenoxy) is 1. The zero-order valence-corrected chi connectivity index (χ0v) is 10.3. The van der Waals surface area contributed by atoms with Crippen LogP contribution in [-0.4, -0.2) is 55.6 Å². The minimum absolute atomic E-state index is 0.0404. The molecule has 0 bridgehead atoms. The molecule has 2 atom stereocenters. The van der Waals surface area contributed by atoms with Gasteiger partial charge in [0.2, 0.25) is 5.91 Å². The monoisotopic (exact) mass is 260 g/mol. The fraction of sp³-hybridized carbons (Fsp3) is 0.917. The number of piperidine rings is 1. The van der Waals surface area contributed by atoms with Crippen LogP contribution in [0.15, 0.2) is 0 Å². The highest BCUT2D eigenvalue weighted by molar-refractivity contribution is 5.77. The lowest BCUT2D eigenvalue weighted by molar-refractivity contribution is -0.134. The summed E-state index contributed by atoms with van der Waals surface area (Å²) >= 11 is 0. The number of carbonyl (C=O) groups is 1. The molecule has 2 saturated heterocycles. The second-order valence-corrected chi connectivity index (χ2v) is 5.74. The van der Waals surface area contributed by atoms with E-state index in [9.17, 15) is 13.6 Å². The van der Waals surface area contributed by atoms with Gasteiger partial charge in [-0.2, -0.15) is 0 Å². The van der Waals surface area contributed by atoms with Gasteiger partial charge < -0.3 is 10.1 Å². The van der Waals surface area contributed by atoms with Gasteiger partial charge in [-0.25, -0.2) is 8.78 Å². The molecule has 18 heavy (non-hydrogen) atoms. The normalized spacial score (nSPS) is 39.7. The molecule has 0 radical (unpaired) electrons. The van der Waals surface area contributed by atoms with Crippen LogP contribution >= 0.6 is 0 Å². The Labute approximate surface area is 105 Å². The number of halogens is 2. The first-order chi connectivity index (χ1) is 8.51. The highest BCUT2D eigenvalue weighted by atomic mass is 19.3. The third kappa shape index (κ3) is 2.12. The summed E-state index contributed by atoms with van der Waals surface area (Å²) in [6.07, 6.45) is 1.44. The fourth-order valence-corrected chi connectivity index (χ4v) is 3.14. The lowest BCUT2D eigenvalue weighted by Crippen LogP contribution is -2.50. The Balaban J connectivity index is 1.53. The lowest BCUT2D eigenvalue weighted by atomic mass is 9.94. The second kappa shape index (κ2) is 4.13. The number of hydrogen-bond acceptors (Lipinski definition) is 3. The van der Waals surface area contributed by atoms with Gasteiger partial charge in [0.25, 0.3) is 5.92 Å². The average Bonchev–Trinajstić information content (AvgIpc) is 2.82. The minimum Gasteiger partial charge on any atom is -0.365 e. The summed E-state index contributed by atoms with van der Waals surface area (Å²) in [5.74, 6) is -2.57. The number of nitrogens with zero attached hydrogens (tertiary/aromatic N) is 1. The van der Waals surface area contributed by atoms with Crippen molar-refractivity contribution in [1.82, 2.24) is 10.2 Å². The van der Waals surface area contributed by atoms with Crippen molar-refractivity contribution >= 4 is 5.91 Å². The molecule has 1 N–H and O–H groups in total. The predicted octanol–water partition coefficient (Wildman–Crippen LogP) is 0.623. The number of likely N-dealkylation sites (tertiary alicyclic amines) is 1. The minimum atomic E-state index is -2.46.